The molecule has 1 fully saturated rings. The molecule has 1 saturated heterocycles. The van der Waals surface area contributed by atoms with Crippen LogP contribution in [0, 0.1) is 0 Å². The number of aliphatic imine (C=N–C) groups is 1. The van der Waals surface area contributed by atoms with Gasteiger partial charge in [-0.05, 0) is 6.92 Å². The molecule has 1 aromatic rings. The molecule has 0 aromatic heterocycles. The van der Waals surface area contributed by atoms with E-state index in [1.165, 1.54) is 0 Å². The van der Waals surface area contributed by atoms with Gasteiger partial charge in [0.2, 0.25) is 5.91 Å². The van der Waals surface area contributed by atoms with Crippen molar-refractivity contribution in [2.24, 2.45) is 4.99 Å². The van der Waals surface area contributed by atoms with Crippen molar-refractivity contribution in [3.63, 3.8) is 0 Å². The van der Waals surface area contributed by atoms with Crippen molar-refractivity contribution in [1.82, 2.24) is 4.90 Å². The lowest BCUT2D eigenvalue weighted by atomic mass is 10.1. The Balaban J connectivity index is 1.95. The van der Waals surface area contributed by atoms with Gasteiger partial charge in [0, 0.05) is 11.3 Å². The van der Waals surface area contributed by atoms with Crippen molar-refractivity contribution >= 4 is 11.6 Å². The smallest absolute Gasteiger partial charge is 0.247 e. The summed E-state index contributed by atoms with van der Waals surface area (Å²) < 4.78 is 5.75. The number of rotatable bonds is 1. The van der Waals surface area contributed by atoms with Crippen molar-refractivity contribution in [2.45, 2.75) is 19.2 Å². The van der Waals surface area contributed by atoms with E-state index < -0.39 is 0 Å². The van der Waals surface area contributed by atoms with Gasteiger partial charge in [-0.3, -0.25) is 9.79 Å². The van der Waals surface area contributed by atoms with E-state index in [9.17, 15) is 4.79 Å². The Hall–Kier alpha value is -1.68. The van der Waals surface area contributed by atoms with E-state index in [1.807, 2.05) is 42.2 Å². The molecule has 0 bridgehead atoms. The number of benzene rings is 1. The molecule has 2 aliphatic heterocycles. The number of carbonyl (C=O) groups is 1. The molecule has 0 spiro atoms. The van der Waals surface area contributed by atoms with Gasteiger partial charge in [-0.2, -0.15) is 0 Å². The van der Waals surface area contributed by atoms with Crippen molar-refractivity contribution < 1.29 is 9.53 Å². The molecule has 0 aliphatic carbocycles. The van der Waals surface area contributed by atoms with Gasteiger partial charge in [0.05, 0.1) is 12.6 Å². The zero-order valence-electron chi connectivity index (χ0n) is 9.67. The molecule has 88 valence electrons. The van der Waals surface area contributed by atoms with Crippen molar-refractivity contribution in [3.8, 4) is 0 Å². The molecule has 2 aliphatic rings. The van der Waals surface area contributed by atoms with Gasteiger partial charge in [0.1, 0.15) is 6.54 Å². The molecule has 17 heavy (non-hydrogen) atoms. The molecule has 0 N–H and O–H groups in total. The quantitative estimate of drug-likeness (QED) is 0.731. The minimum atomic E-state index is -0.251. The van der Waals surface area contributed by atoms with Crippen molar-refractivity contribution in [3.05, 3.63) is 35.9 Å². The van der Waals surface area contributed by atoms with Crippen molar-refractivity contribution in [1.29, 1.82) is 0 Å². The van der Waals surface area contributed by atoms with Crippen LogP contribution in [-0.2, 0) is 9.53 Å². The fourth-order valence-electron chi connectivity index (χ4n) is 2.39. The van der Waals surface area contributed by atoms with Crippen LogP contribution in [0.4, 0.5) is 0 Å². The molecule has 0 saturated carbocycles. The maximum absolute atomic E-state index is 11.9. The first kappa shape index (κ1) is 10.5. The lowest BCUT2D eigenvalue weighted by Crippen LogP contribution is -2.46. The van der Waals surface area contributed by atoms with Crippen LogP contribution < -0.4 is 0 Å². The van der Waals surface area contributed by atoms with E-state index in [0.29, 0.717) is 6.61 Å². The Morgan fingerprint density at radius 3 is 2.88 bits per heavy atom. The number of ether oxygens (including phenoxy) is 1. The monoisotopic (exact) mass is 230 g/mol. The third kappa shape index (κ3) is 1.65. The molecule has 3 rings (SSSR count). The summed E-state index contributed by atoms with van der Waals surface area (Å²) in [5.41, 5.74) is 2.01. The predicted octanol–water partition coefficient (Wildman–Crippen LogP) is 1.39. The molecule has 1 aromatic carbocycles. The lowest BCUT2D eigenvalue weighted by molar-refractivity contribution is -0.136. The second-order valence-corrected chi connectivity index (χ2v) is 4.37. The van der Waals surface area contributed by atoms with Gasteiger partial charge in [-0.1, -0.05) is 30.3 Å². The van der Waals surface area contributed by atoms with E-state index in [4.69, 9.17) is 4.74 Å². The first-order valence-corrected chi connectivity index (χ1v) is 5.76. The molecular formula is C13H14N2O2. The zero-order valence-corrected chi connectivity index (χ0v) is 9.67. The number of nitrogens with zero attached hydrogens (tertiary/aromatic N) is 2. The van der Waals surface area contributed by atoms with E-state index in [0.717, 1.165) is 11.3 Å². The number of hydrogen-bond acceptors (Lipinski definition) is 3. The van der Waals surface area contributed by atoms with Crippen LogP contribution in [0.1, 0.15) is 18.7 Å². The van der Waals surface area contributed by atoms with Crippen LogP contribution in [0.15, 0.2) is 35.3 Å². The zero-order chi connectivity index (χ0) is 11.8. The summed E-state index contributed by atoms with van der Waals surface area (Å²) in [4.78, 5) is 18.0. The van der Waals surface area contributed by atoms with E-state index in [2.05, 4.69) is 4.99 Å². The second kappa shape index (κ2) is 3.96. The average Bonchev–Trinajstić information content (AvgIpc) is 2.81. The Labute approximate surface area is 99.9 Å². The molecule has 4 nitrogen and oxygen atoms in total. The maximum Gasteiger partial charge on any atom is 0.247 e. The summed E-state index contributed by atoms with van der Waals surface area (Å²) in [5, 5.41) is 0. The minimum absolute atomic E-state index is 0.0152. The summed E-state index contributed by atoms with van der Waals surface area (Å²) in [6.07, 6.45) is -0.251. The van der Waals surface area contributed by atoms with Gasteiger partial charge >= 0.3 is 0 Å². The number of carbonyl (C=O) groups excluding carboxylic acids is 1. The largest absolute Gasteiger partial charge is 0.351 e. The molecular weight excluding hydrogens is 216 g/mol. The third-order valence-electron chi connectivity index (χ3n) is 3.32. The molecule has 2 atom stereocenters. The normalized spacial score (nSPS) is 27.9. The maximum atomic E-state index is 11.9. The van der Waals surface area contributed by atoms with Gasteiger partial charge in [0.15, 0.2) is 6.23 Å². The SMILES string of the molecule is CC1=NCC(=O)N2C1COC2c1ccccc1. The Bertz CT molecular complexity index is 470. The fourth-order valence-corrected chi connectivity index (χ4v) is 2.39. The number of amides is 1. The summed E-state index contributed by atoms with van der Waals surface area (Å²) in [6, 6.07) is 9.87. The topological polar surface area (TPSA) is 41.9 Å². The summed E-state index contributed by atoms with van der Waals surface area (Å²) >= 11 is 0. The van der Waals surface area contributed by atoms with Crippen LogP contribution in [-0.4, -0.2) is 35.7 Å². The highest BCUT2D eigenvalue weighted by molar-refractivity contribution is 5.97. The average molecular weight is 230 g/mol. The van der Waals surface area contributed by atoms with E-state index in [1.54, 1.807) is 0 Å². The number of fused-ring (bicyclic) bond motifs is 1. The predicted molar refractivity (Wildman–Crippen MR) is 63.7 cm³/mol. The first-order valence-electron chi connectivity index (χ1n) is 5.76. The Kier molecular flexibility index (Phi) is 2.44. The molecule has 2 heterocycles. The van der Waals surface area contributed by atoms with Crippen LogP contribution in [0.3, 0.4) is 0 Å². The van der Waals surface area contributed by atoms with E-state index in [-0.39, 0.29) is 24.7 Å². The lowest BCUT2D eigenvalue weighted by Gasteiger charge is -2.30. The van der Waals surface area contributed by atoms with Gasteiger partial charge in [0.25, 0.3) is 0 Å². The van der Waals surface area contributed by atoms with Gasteiger partial charge < -0.3 is 9.64 Å². The van der Waals surface area contributed by atoms with Crippen LogP contribution in [0.2, 0.25) is 0 Å². The highest BCUT2D eigenvalue weighted by atomic mass is 16.5. The Morgan fingerprint density at radius 1 is 1.35 bits per heavy atom. The van der Waals surface area contributed by atoms with Crippen LogP contribution >= 0.6 is 0 Å². The van der Waals surface area contributed by atoms with Crippen molar-refractivity contribution in [2.75, 3.05) is 13.2 Å². The number of hydrogen-bond donors (Lipinski definition) is 0. The standard InChI is InChI=1S/C13H14N2O2/c1-9-11-8-17-13(10-5-3-2-4-6-10)15(11)12(16)7-14-9/h2-6,11,13H,7-8H2,1H3. The Morgan fingerprint density at radius 2 is 2.12 bits per heavy atom. The van der Waals surface area contributed by atoms with Gasteiger partial charge in [-0.15, -0.1) is 0 Å². The summed E-state index contributed by atoms with van der Waals surface area (Å²) in [5.74, 6) is 0.0481. The molecule has 0 radical (unpaired) electrons. The molecule has 1 amide bonds. The minimum Gasteiger partial charge on any atom is -0.351 e. The summed E-state index contributed by atoms with van der Waals surface area (Å²) in [6.45, 7) is 2.75. The third-order valence-corrected chi connectivity index (χ3v) is 3.32. The molecule has 2 unspecified atom stereocenters. The molecule has 4 heteroatoms. The van der Waals surface area contributed by atoms with E-state index >= 15 is 0 Å². The summed E-state index contributed by atoms with van der Waals surface area (Å²) in [7, 11) is 0. The second-order valence-electron chi connectivity index (χ2n) is 4.37. The first-order chi connectivity index (χ1) is 8.27. The van der Waals surface area contributed by atoms with Gasteiger partial charge in [-0.25, -0.2) is 0 Å². The fraction of sp³-hybridized carbons (Fsp3) is 0.385. The highest BCUT2D eigenvalue weighted by Gasteiger charge is 2.41. The highest BCUT2D eigenvalue weighted by Crippen LogP contribution is 2.32. The van der Waals surface area contributed by atoms with Crippen LogP contribution in [0.5, 0.6) is 0 Å². The van der Waals surface area contributed by atoms with Crippen LogP contribution in [0.25, 0.3) is 0 Å².